The quantitative estimate of drug-likeness (QED) is 0.648. The molecule has 0 radical (unpaired) electrons. The number of urea groups is 1. The molecule has 3 amide bonds. The van der Waals surface area contributed by atoms with Crippen LogP contribution in [0, 0.1) is 0 Å². The minimum Gasteiger partial charge on any atom is -0.444 e. The summed E-state index contributed by atoms with van der Waals surface area (Å²) in [6.07, 6.45) is 4.50. The third kappa shape index (κ3) is 3.38. The summed E-state index contributed by atoms with van der Waals surface area (Å²) in [4.78, 5) is 38.4. The number of anilines is 1. The van der Waals surface area contributed by atoms with Gasteiger partial charge < -0.3 is 14.5 Å². The largest absolute Gasteiger partial charge is 0.444 e. The van der Waals surface area contributed by atoms with Crippen LogP contribution < -0.4 is 4.90 Å². The van der Waals surface area contributed by atoms with Crippen molar-refractivity contribution in [3.63, 3.8) is 0 Å². The monoisotopic (exact) mass is 437 g/mol. The van der Waals surface area contributed by atoms with E-state index in [1.54, 1.807) is 16.8 Å². The molecule has 0 bridgehead atoms. The Hall–Kier alpha value is -2.43. The molecule has 1 spiro atoms. The minimum absolute atomic E-state index is 0.00655. The van der Waals surface area contributed by atoms with Crippen molar-refractivity contribution in [3.8, 4) is 0 Å². The Morgan fingerprint density at radius 3 is 2.50 bits per heavy atom. The van der Waals surface area contributed by atoms with Gasteiger partial charge in [0.05, 0.1) is 12.1 Å². The predicted molar refractivity (Wildman–Crippen MR) is 108 cm³/mol. The summed E-state index contributed by atoms with van der Waals surface area (Å²) in [6.45, 7) is 6.52. The Morgan fingerprint density at radius 2 is 1.97 bits per heavy atom. The van der Waals surface area contributed by atoms with Crippen LogP contribution in [0.25, 0.3) is 0 Å². The van der Waals surface area contributed by atoms with Gasteiger partial charge in [0.15, 0.2) is 0 Å². The highest BCUT2D eigenvalue weighted by Gasteiger charge is 2.59. The van der Waals surface area contributed by atoms with Crippen molar-refractivity contribution in [1.82, 2.24) is 19.8 Å². The van der Waals surface area contributed by atoms with Gasteiger partial charge in [-0.25, -0.2) is 28.0 Å². The molecule has 30 heavy (non-hydrogen) atoms. The summed E-state index contributed by atoms with van der Waals surface area (Å²) < 4.78 is 29.0. The van der Waals surface area contributed by atoms with Crippen LogP contribution in [0.1, 0.15) is 45.6 Å². The molecular weight excluding hydrogens is 410 g/mol. The molecule has 3 aliphatic rings. The number of fused-ring (bicyclic) bond motifs is 1. The van der Waals surface area contributed by atoms with Crippen molar-refractivity contribution in [3.05, 3.63) is 11.8 Å². The van der Waals surface area contributed by atoms with Gasteiger partial charge in [-0.2, -0.15) is 0 Å². The molecule has 1 aliphatic carbocycles. The third-order valence-corrected chi connectivity index (χ3v) is 6.86. The lowest BCUT2D eigenvalue weighted by Gasteiger charge is -2.62. The summed E-state index contributed by atoms with van der Waals surface area (Å²) in [5, 5.41) is -0.292. The summed E-state index contributed by atoms with van der Waals surface area (Å²) in [7, 11) is -1.98. The number of aromatic nitrogens is 2. The maximum Gasteiger partial charge on any atom is 0.410 e. The van der Waals surface area contributed by atoms with E-state index in [-0.39, 0.29) is 28.9 Å². The lowest BCUT2D eigenvalue weighted by atomic mass is 9.64. The number of hydrogen-bond donors (Lipinski definition) is 0. The zero-order chi connectivity index (χ0) is 22.1. The second-order valence-electron chi connectivity index (χ2n) is 9.41. The van der Waals surface area contributed by atoms with Crippen LogP contribution in [0.2, 0.25) is 0 Å². The summed E-state index contributed by atoms with van der Waals surface area (Å²) in [5.74, 6) is 0.319. The van der Waals surface area contributed by atoms with Crippen molar-refractivity contribution in [1.29, 1.82) is 0 Å². The van der Waals surface area contributed by atoms with Crippen LogP contribution in [0.4, 0.5) is 15.4 Å². The molecule has 1 saturated heterocycles. The molecule has 0 atom stereocenters. The first-order valence-corrected chi connectivity index (χ1v) is 11.8. The van der Waals surface area contributed by atoms with E-state index < -0.39 is 15.4 Å². The number of hydrogen-bond acceptors (Lipinski definition) is 7. The number of carbonyl (C=O) groups excluding carboxylic acids is 2. The second kappa shape index (κ2) is 6.53. The SMILES string of the molecule is CN1C(=O)N(C2CC3(CCN3C(=O)OC(C)(C)C)C2)Cc2cnc(S(C)(=O)=O)nc21. The number of nitrogens with zero attached hydrogens (tertiary/aromatic N) is 5. The van der Waals surface area contributed by atoms with Crippen molar-refractivity contribution in [2.75, 3.05) is 24.7 Å². The number of ether oxygens (including phenoxy) is 1. The highest BCUT2D eigenvalue weighted by Crippen LogP contribution is 2.50. The van der Waals surface area contributed by atoms with Gasteiger partial charge in [0, 0.05) is 37.7 Å². The maximum absolute atomic E-state index is 12.9. The Morgan fingerprint density at radius 1 is 1.30 bits per heavy atom. The third-order valence-electron chi connectivity index (χ3n) is 6.00. The zero-order valence-electron chi connectivity index (χ0n) is 17.9. The number of sulfone groups is 1. The van der Waals surface area contributed by atoms with Gasteiger partial charge >= 0.3 is 12.1 Å². The van der Waals surface area contributed by atoms with Gasteiger partial charge in [0.25, 0.3) is 0 Å². The molecule has 0 unspecified atom stereocenters. The molecule has 0 aromatic carbocycles. The molecule has 164 valence electrons. The van der Waals surface area contributed by atoms with E-state index in [2.05, 4.69) is 9.97 Å². The Balaban J connectivity index is 1.47. The molecule has 2 fully saturated rings. The fourth-order valence-corrected chi connectivity index (χ4v) is 4.88. The van der Waals surface area contributed by atoms with Crippen LogP contribution in [-0.4, -0.2) is 77.3 Å². The van der Waals surface area contributed by atoms with Crippen LogP contribution in [0.5, 0.6) is 0 Å². The van der Waals surface area contributed by atoms with E-state index in [0.717, 1.165) is 12.7 Å². The molecule has 3 heterocycles. The molecule has 11 heteroatoms. The topological polar surface area (TPSA) is 113 Å². The first-order chi connectivity index (χ1) is 13.8. The van der Waals surface area contributed by atoms with Crippen molar-refractivity contribution in [2.45, 2.75) is 68.9 Å². The highest BCUT2D eigenvalue weighted by atomic mass is 32.2. The first kappa shape index (κ1) is 20.8. The lowest BCUT2D eigenvalue weighted by Crippen LogP contribution is -2.73. The lowest BCUT2D eigenvalue weighted by molar-refractivity contribution is -0.108. The number of amides is 3. The standard InChI is InChI=1S/C19H27N5O5S/c1-18(2,3)29-17(26)24-7-6-19(24)8-13(9-19)23-11-12-10-20-15(30(5,27)28)21-14(12)22(4)16(23)25/h10,13H,6-9,11H2,1-5H3. The van der Waals surface area contributed by atoms with Crippen molar-refractivity contribution in [2.24, 2.45) is 0 Å². The number of rotatable bonds is 2. The molecule has 1 saturated carbocycles. The summed E-state index contributed by atoms with van der Waals surface area (Å²) >= 11 is 0. The van der Waals surface area contributed by atoms with E-state index in [9.17, 15) is 18.0 Å². The van der Waals surface area contributed by atoms with Gasteiger partial charge in [-0.3, -0.25) is 4.90 Å². The van der Waals surface area contributed by atoms with Gasteiger partial charge in [-0.05, 0) is 40.0 Å². The Bertz CT molecular complexity index is 1010. The molecular formula is C19H27N5O5S. The average molecular weight is 438 g/mol. The fourth-order valence-electron chi connectivity index (χ4n) is 4.39. The maximum atomic E-state index is 12.9. The predicted octanol–water partition coefficient (Wildman–Crippen LogP) is 1.79. The van der Waals surface area contributed by atoms with E-state index in [1.807, 2.05) is 20.8 Å². The molecule has 0 N–H and O–H groups in total. The first-order valence-electron chi connectivity index (χ1n) is 9.92. The second-order valence-corrected chi connectivity index (χ2v) is 11.3. The van der Waals surface area contributed by atoms with Crippen LogP contribution in [0.3, 0.4) is 0 Å². The summed E-state index contributed by atoms with van der Waals surface area (Å²) in [6, 6.07) is -0.239. The summed E-state index contributed by atoms with van der Waals surface area (Å²) in [5.41, 5.74) is -0.0806. The fraction of sp³-hybridized carbons (Fsp3) is 0.684. The van der Waals surface area contributed by atoms with E-state index in [1.165, 1.54) is 11.1 Å². The van der Waals surface area contributed by atoms with E-state index in [4.69, 9.17) is 4.74 Å². The molecule has 1 aromatic heterocycles. The normalized spacial score (nSPS) is 26.2. The molecule has 2 aliphatic heterocycles. The zero-order valence-corrected chi connectivity index (χ0v) is 18.7. The molecule has 1 aromatic rings. The van der Waals surface area contributed by atoms with Crippen LogP contribution in [0.15, 0.2) is 11.4 Å². The highest BCUT2D eigenvalue weighted by molar-refractivity contribution is 7.90. The van der Waals surface area contributed by atoms with E-state index >= 15 is 0 Å². The Labute approximate surface area is 176 Å². The van der Waals surface area contributed by atoms with Gasteiger partial charge in [-0.15, -0.1) is 0 Å². The van der Waals surface area contributed by atoms with Crippen molar-refractivity contribution < 1.29 is 22.7 Å². The van der Waals surface area contributed by atoms with E-state index in [0.29, 0.717) is 37.3 Å². The van der Waals surface area contributed by atoms with Gasteiger partial charge in [-0.1, -0.05) is 0 Å². The van der Waals surface area contributed by atoms with Crippen LogP contribution >= 0.6 is 0 Å². The number of likely N-dealkylation sites (tertiary alicyclic amines) is 1. The van der Waals surface area contributed by atoms with Gasteiger partial charge in [0.1, 0.15) is 11.4 Å². The molecule has 10 nitrogen and oxygen atoms in total. The van der Waals surface area contributed by atoms with Crippen LogP contribution in [-0.2, 0) is 21.1 Å². The van der Waals surface area contributed by atoms with Gasteiger partial charge in [0.2, 0.25) is 15.0 Å². The molecule has 4 rings (SSSR count). The smallest absolute Gasteiger partial charge is 0.410 e. The van der Waals surface area contributed by atoms with Crippen molar-refractivity contribution >= 4 is 27.8 Å². The average Bonchev–Trinajstić information content (AvgIpc) is 2.54. The Kier molecular flexibility index (Phi) is 4.53. The number of carbonyl (C=O) groups is 2. The minimum atomic E-state index is -3.56.